The number of ether oxygens (including phenoxy) is 1. The van der Waals surface area contributed by atoms with Crippen molar-refractivity contribution in [3.63, 3.8) is 0 Å². The van der Waals surface area contributed by atoms with Crippen LogP contribution in [0.15, 0.2) is 6.33 Å². The number of rotatable bonds is 1. The monoisotopic (exact) mass is 281 g/mol. The molecule has 0 amide bonds. The Morgan fingerprint density at radius 2 is 2.00 bits per heavy atom. The molecule has 1 aliphatic rings. The Bertz CT molecular complexity index is 603. The van der Waals surface area contributed by atoms with Crippen molar-refractivity contribution in [2.24, 2.45) is 0 Å². The molecule has 2 aromatic rings. The third-order valence-corrected chi connectivity index (χ3v) is 3.66. The summed E-state index contributed by atoms with van der Waals surface area (Å²) in [6.45, 7) is 7.70. The van der Waals surface area contributed by atoms with Gasteiger partial charge < -0.3 is 9.64 Å². The number of halogens is 1. The van der Waals surface area contributed by atoms with E-state index in [1.165, 1.54) is 6.33 Å². The average molecular weight is 282 g/mol. The molecule has 0 aromatic carbocycles. The zero-order valence-electron chi connectivity index (χ0n) is 11.2. The van der Waals surface area contributed by atoms with Crippen molar-refractivity contribution in [1.29, 1.82) is 0 Å². The molecule has 7 heteroatoms. The molecule has 1 saturated heterocycles. The summed E-state index contributed by atoms with van der Waals surface area (Å²) in [6, 6.07) is 0. The van der Waals surface area contributed by atoms with Gasteiger partial charge in [0.15, 0.2) is 0 Å². The van der Waals surface area contributed by atoms with Gasteiger partial charge in [-0.2, -0.15) is 19.6 Å². The van der Waals surface area contributed by atoms with Crippen LogP contribution >= 0.6 is 11.6 Å². The number of anilines is 1. The topological polar surface area (TPSA) is 55.5 Å². The minimum atomic E-state index is 0.175. The number of hydrogen-bond acceptors (Lipinski definition) is 5. The molecule has 1 fully saturated rings. The molecular formula is C12H16ClN5O. The van der Waals surface area contributed by atoms with Gasteiger partial charge in [0.1, 0.15) is 17.3 Å². The van der Waals surface area contributed by atoms with Crippen molar-refractivity contribution in [3.8, 4) is 0 Å². The quantitative estimate of drug-likeness (QED) is 0.745. The van der Waals surface area contributed by atoms with Crippen molar-refractivity contribution >= 4 is 23.2 Å². The van der Waals surface area contributed by atoms with E-state index in [1.54, 1.807) is 4.52 Å². The standard InChI is InChI=1S/C12H16ClN5O/c1-7-4-17(5-8(2)19-7)11-9(3)10(13)16-12-14-6-15-18(11)12/h6-8H,4-5H2,1-3H3. The van der Waals surface area contributed by atoms with Gasteiger partial charge in [-0.1, -0.05) is 11.6 Å². The van der Waals surface area contributed by atoms with E-state index in [9.17, 15) is 0 Å². The predicted octanol–water partition coefficient (Wildman–Crippen LogP) is 1.70. The lowest BCUT2D eigenvalue weighted by Gasteiger charge is -2.37. The second-order valence-corrected chi connectivity index (χ2v) is 5.34. The van der Waals surface area contributed by atoms with Gasteiger partial charge in [-0.25, -0.2) is 0 Å². The Balaban J connectivity index is 2.12. The smallest absolute Gasteiger partial charge is 0.255 e. The molecule has 0 saturated carbocycles. The second kappa shape index (κ2) is 4.61. The minimum Gasteiger partial charge on any atom is -0.372 e. The first-order valence-corrected chi connectivity index (χ1v) is 6.70. The summed E-state index contributed by atoms with van der Waals surface area (Å²) in [5.41, 5.74) is 0.918. The van der Waals surface area contributed by atoms with E-state index in [0.717, 1.165) is 24.5 Å². The Morgan fingerprint density at radius 1 is 1.32 bits per heavy atom. The zero-order chi connectivity index (χ0) is 13.6. The highest BCUT2D eigenvalue weighted by Gasteiger charge is 2.26. The SMILES string of the molecule is Cc1c(Cl)nc2ncnn2c1N1CC(C)OC(C)C1. The molecule has 102 valence electrons. The molecular weight excluding hydrogens is 266 g/mol. The van der Waals surface area contributed by atoms with Crippen molar-refractivity contribution in [3.05, 3.63) is 17.0 Å². The highest BCUT2D eigenvalue weighted by Crippen LogP contribution is 2.28. The maximum Gasteiger partial charge on any atom is 0.255 e. The lowest BCUT2D eigenvalue weighted by molar-refractivity contribution is -0.00560. The van der Waals surface area contributed by atoms with E-state index in [4.69, 9.17) is 16.3 Å². The van der Waals surface area contributed by atoms with Crippen molar-refractivity contribution in [1.82, 2.24) is 19.6 Å². The zero-order valence-corrected chi connectivity index (χ0v) is 11.9. The van der Waals surface area contributed by atoms with E-state index in [0.29, 0.717) is 10.9 Å². The summed E-state index contributed by atoms with van der Waals surface area (Å²) in [6.07, 6.45) is 1.84. The van der Waals surface area contributed by atoms with E-state index in [2.05, 4.69) is 33.8 Å². The summed E-state index contributed by atoms with van der Waals surface area (Å²) in [5.74, 6) is 1.48. The van der Waals surface area contributed by atoms with Crippen molar-refractivity contribution in [2.45, 2.75) is 33.0 Å². The van der Waals surface area contributed by atoms with Crippen molar-refractivity contribution in [2.75, 3.05) is 18.0 Å². The van der Waals surface area contributed by atoms with Crippen molar-refractivity contribution < 1.29 is 4.74 Å². The first-order chi connectivity index (χ1) is 9.06. The third kappa shape index (κ3) is 2.15. The first kappa shape index (κ1) is 12.6. The molecule has 2 atom stereocenters. The Hall–Kier alpha value is -1.40. The van der Waals surface area contributed by atoms with Gasteiger partial charge in [0.05, 0.1) is 12.2 Å². The van der Waals surface area contributed by atoms with E-state index in [-0.39, 0.29) is 12.2 Å². The van der Waals surface area contributed by atoms with Gasteiger partial charge >= 0.3 is 0 Å². The summed E-state index contributed by atoms with van der Waals surface area (Å²) < 4.78 is 7.51. The van der Waals surface area contributed by atoms with Gasteiger partial charge in [-0.15, -0.1) is 0 Å². The summed E-state index contributed by atoms with van der Waals surface area (Å²) >= 11 is 6.19. The maximum absolute atomic E-state index is 6.19. The maximum atomic E-state index is 6.19. The van der Waals surface area contributed by atoms with Crippen LogP contribution in [0, 0.1) is 6.92 Å². The second-order valence-electron chi connectivity index (χ2n) is 4.99. The average Bonchev–Trinajstić information content (AvgIpc) is 2.76. The van der Waals surface area contributed by atoms with Gasteiger partial charge in [0.25, 0.3) is 5.78 Å². The van der Waals surface area contributed by atoms with Gasteiger partial charge in [0.2, 0.25) is 0 Å². The van der Waals surface area contributed by atoms with Gasteiger partial charge in [0, 0.05) is 18.7 Å². The van der Waals surface area contributed by atoms with Crippen LogP contribution in [-0.2, 0) is 4.74 Å². The molecule has 6 nitrogen and oxygen atoms in total. The molecule has 0 aliphatic carbocycles. The summed E-state index contributed by atoms with van der Waals surface area (Å²) in [7, 11) is 0. The number of morpholine rings is 1. The lowest BCUT2D eigenvalue weighted by atomic mass is 10.2. The summed E-state index contributed by atoms with van der Waals surface area (Å²) in [4.78, 5) is 10.6. The molecule has 0 spiro atoms. The van der Waals surface area contributed by atoms with Gasteiger partial charge in [-0.05, 0) is 20.8 Å². The van der Waals surface area contributed by atoms with E-state index >= 15 is 0 Å². The fraction of sp³-hybridized carbons (Fsp3) is 0.583. The number of aromatic nitrogens is 4. The predicted molar refractivity (Wildman–Crippen MR) is 72.8 cm³/mol. The highest BCUT2D eigenvalue weighted by atomic mass is 35.5. The molecule has 19 heavy (non-hydrogen) atoms. The van der Waals surface area contributed by atoms with Crippen LogP contribution in [0.5, 0.6) is 0 Å². The van der Waals surface area contributed by atoms with Crippen LogP contribution in [0.1, 0.15) is 19.4 Å². The van der Waals surface area contributed by atoms with Crippen LogP contribution in [0.3, 0.4) is 0 Å². The number of hydrogen-bond donors (Lipinski definition) is 0. The Morgan fingerprint density at radius 3 is 2.68 bits per heavy atom. The first-order valence-electron chi connectivity index (χ1n) is 6.32. The molecule has 3 heterocycles. The Kier molecular flexibility index (Phi) is 3.06. The minimum absolute atomic E-state index is 0.175. The largest absolute Gasteiger partial charge is 0.372 e. The van der Waals surface area contributed by atoms with Crippen LogP contribution in [0.25, 0.3) is 5.78 Å². The fourth-order valence-electron chi connectivity index (χ4n) is 2.61. The van der Waals surface area contributed by atoms with Crippen LogP contribution in [-0.4, -0.2) is 44.9 Å². The molecule has 0 radical (unpaired) electrons. The van der Waals surface area contributed by atoms with Crippen LogP contribution in [0.4, 0.5) is 5.82 Å². The van der Waals surface area contributed by atoms with Gasteiger partial charge in [-0.3, -0.25) is 0 Å². The molecule has 0 bridgehead atoms. The molecule has 0 N–H and O–H groups in total. The highest BCUT2D eigenvalue weighted by molar-refractivity contribution is 6.30. The number of nitrogens with zero attached hydrogens (tertiary/aromatic N) is 5. The Labute approximate surface area is 116 Å². The lowest BCUT2D eigenvalue weighted by Crippen LogP contribution is -2.46. The number of fused-ring (bicyclic) bond motifs is 1. The molecule has 1 aliphatic heterocycles. The fourth-order valence-corrected chi connectivity index (χ4v) is 2.77. The van der Waals surface area contributed by atoms with E-state index in [1.807, 2.05) is 6.92 Å². The summed E-state index contributed by atoms with van der Waals surface area (Å²) in [5, 5.41) is 4.72. The van der Waals surface area contributed by atoms with E-state index < -0.39 is 0 Å². The normalized spacial score (nSPS) is 24.1. The third-order valence-electron chi connectivity index (χ3n) is 3.29. The molecule has 2 unspecified atom stereocenters. The molecule has 3 rings (SSSR count). The van der Waals surface area contributed by atoms with Crippen LogP contribution in [0.2, 0.25) is 5.15 Å². The van der Waals surface area contributed by atoms with Crippen LogP contribution < -0.4 is 4.90 Å². The molecule has 2 aromatic heterocycles.